The van der Waals surface area contributed by atoms with Crippen LogP contribution in [0.1, 0.15) is 24.8 Å². The molecule has 0 N–H and O–H groups in total. The first-order chi connectivity index (χ1) is 9.16. The van der Waals surface area contributed by atoms with Crippen molar-refractivity contribution in [1.29, 1.82) is 0 Å². The van der Waals surface area contributed by atoms with Crippen LogP contribution in [0.25, 0.3) is 0 Å². The van der Waals surface area contributed by atoms with Gasteiger partial charge in [-0.1, -0.05) is 0 Å². The van der Waals surface area contributed by atoms with Gasteiger partial charge in [0.25, 0.3) is 5.69 Å². The molecule has 5 nitrogen and oxygen atoms in total. The number of aryl methyl sites for hydroxylation is 1. The zero-order chi connectivity index (χ0) is 13.7. The molecule has 0 radical (unpaired) electrons. The molecule has 5 heteroatoms. The molecule has 0 saturated carbocycles. The lowest BCUT2D eigenvalue weighted by molar-refractivity contribution is -0.385. The summed E-state index contributed by atoms with van der Waals surface area (Å²) in [5, 5.41) is 10.7. The molecule has 2 rings (SSSR count). The van der Waals surface area contributed by atoms with Gasteiger partial charge in [-0.3, -0.25) is 10.1 Å². The maximum Gasteiger partial charge on any atom is 0.272 e. The number of hydrogen-bond acceptors (Lipinski definition) is 4. The van der Waals surface area contributed by atoms with E-state index in [0.717, 1.165) is 13.0 Å². The van der Waals surface area contributed by atoms with E-state index in [0.29, 0.717) is 17.9 Å². The molecule has 104 valence electrons. The van der Waals surface area contributed by atoms with Gasteiger partial charge in [0.15, 0.2) is 0 Å². The fourth-order valence-electron chi connectivity index (χ4n) is 2.41. The maximum absolute atomic E-state index is 10.7. The van der Waals surface area contributed by atoms with E-state index in [9.17, 15) is 10.1 Å². The van der Waals surface area contributed by atoms with Gasteiger partial charge in [0.2, 0.25) is 0 Å². The molecule has 1 aliphatic heterocycles. The second kappa shape index (κ2) is 6.52. The zero-order valence-corrected chi connectivity index (χ0v) is 11.3. The molecule has 0 atom stereocenters. The van der Waals surface area contributed by atoms with Crippen molar-refractivity contribution in [3.8, 4) is 5.75 Å². The number of likely N-dealkylation sites (tertiary alicyclic amines) is 1. The van der Waals surface area contributed by atoms with Crippen molar-refractivity contribution < 1.29 is 9.66 Å². The lowest BCUT2D eigenvalue weighted by Gasteiger charge is -2.14. The number of ether oxygens (including phenoxy) is 1. The summed E-state index contributed by atoms with van der Waals surface area (Å²) < 4.78 is 5.63. The molecule has 1 aromatic rings. The normalized spacial score (nSPS) is 15.6. The highest BCUT2D eigenvalue weighted by Crippen LogP contribution is 2.23. The van der Waals surface area contributed by atoms with E-state index in [1.807, 2.05) is 0 Å². The molecule has 1 fully saturated rings. The van der Waals surface area contributed by atoms with E-state index >= 15 is 0 Å². The van der Waals surface area contributed by atoms with Crippen LogP contribution in [-0.4, -0.2) is 36.1 Å². The molecule has 1 aliphatic rings. The van der Waals surface area contributed by atoms with Gasteiger partial charge in [-0.05, 0) is 51.4 Å². The quantitative estimate of drug-likeness (QED) is 0.450. The van der Waals surface area contributed by atoms with Gasteiger partial charge in [-0.25, -0.2) is 0 Å². The van der Waals surface area contributed by atoms with Gasteiger partial charge < -0.3 is 9.64 Å². The summed E-state index contributed by atoms with van der Waals surface area (Å²) in [6.07, 6.45) is 3.61. The minimum absolute atomic E-state index is 0.143. The van der Waals surface area contributed by atoms with Crippen LogP contribution in [0.3, 0.4) is 0 Å². The summed E-state index contributed by atoms with van der Waals surface area (Å²) in [7, 11) is 0. The Bertz CT molecular complexity index is 442. The summed E-state index contributed by atoms with van der Waals surface area (Å²) in [5.41, 5.74) is 0.784. The Morgan fingerprint density at radius 2 is 2.11 bits per heavy atom. The number of nitrogens with zero attached hydrogens (tertiary/aromatic N) is 2. The lowest BCUT2D eigenvalue weighted by atomic mass is 10.2. The lowest BCUT2D eigenvalue weighted by Crippen LogP contribution is -2.21. The van der Waals surface area contributed by atoms with E-state index in [1.54, 1.807) is 19.1 Å². The standard InChI is InChI=1S/C14H20N2O3/c1-12-11-13(5-6-14(12)16(17)18)19-10-4-9-15-7-2-3-8-15/h5-6,11H,2-4,7-10H2,1H3. The Morgan fingerprint density at radius 1 is 1.37 bits per heavy atom. The second-order valence-corrected chi connectivity index (χ2v) is 4.96. The number of nitro groups is 1. The van der Waals surface area contributed by atoms with Crippen molar-refractivity contribution in [2.75, 3.05) is 26.2 Å². The summed E-state index contributed by atoms with van der Waals surface area (Å²) in [6, 6.07) is 4.90. The first kappa shape index (κ1) is 13.8. The van der Waals surface area contributed by atoms with Crippen LogP contribution in [-0.2, 0) is 0 Å². The maximum atomic E-state index is 10.7. The Labute approximate surface area is 113 Å². The highest BCUT2D eigenvalue weighted by atomic mass is 16.6. The summed E-state index contributed by atoms with van der Waals surface area (Å²) >= 11 is 0. The largest absolute Gasteiger partial charge is 0.494 e. The van der Waals surface area contributed by atoms with Crippen LogP contribution >= 0.6 is 0 Å². The van der Waals surface area contributed by atoms with Crippen molar-refractivity contribution in [2.24, 2.45) is 0 Å². The van der Waals surface area contributed by atoms with Gasteiger partial charge in [-0.2, -0.15) is 0 Å². The first-order valence-corrected chi connectivity index (χ1v) is 6.77. The van der Waals surface area contributed by atoms with E-state index in [4.69, 9.17) is 4.74 Å². The summed E-state index contributed by atoms with van der Waals surface area (Å²) in [6.45, 7) is 5.88. The van der Waals surface area contributed by atoms with Crippen LogP contribution in [0, 0.1) is 17.0 Å². The monoisotopic (exact) mass is 264 g/mol. The van der Waals surface area contributed by atoms with Crippen molar-refractivity contribution in [1.82, 2.24) is 4.90 Å². The number of nitro benzene ring substituents is 1. The highest BCUT2D eigenvalue weighted by molar-refractivity contribution is 5.44. The molecule has 0 spiro atoms. The van der Waals surface area contributed by atoms with Crippen molar-refractivity contribution in [3.05, 3.63) is 33.9 Å². The van der Waals surface area contributed by atoms with Gasteiger partial charge in [0.05, 0.1) is 11.5 Å². The van der Waals surface area contributed by atoms with Crippen LogP contribution in [0.2, 0.25) is 0 Å². The second-order valence-electron chi connectivity index (χ2n) is 4.96. The first-order valence-electron chi connectivity index (χ1n) is 6.77. The van der Waals surface area contributed by atoms with E-state index in [2.05, 4.69) is 4.90 Å². The van der Waals surface area contributed by atoms with E-state index in [-0.39, 0.29) is 10.6 Å². The molecule has 0 aliphatic carbocycles. The third-order valence-corrected chi connectivity index (χ3v) is 3.45. The highest BCUT2D eigenvalue weighted by Gasteiger charge is 2.12. The molecule has 0 amide bonds. The van der Waals surface area contributed by atoms with Gasteiger partial charge in [-0.15, -0.1) is 0 Å². The smallest absolute Gasteiger partial charge is 0.272 e. The minimum atomic E-state index is -0.369. The fraction of sp³-hybridized carbons (Fsp3) is 0.571. The molecule has 0 aromatic heterocycles. The predicted molar refractivity (Wildman–Crippen MR) is 73.6 cm³/mol. The van der Waals surface area contributed by atoms with Crippen molar-refractivity contribution in [2.45, 2.75) is 26.2 Å². The molecule has 1 saturated heterocycles. The molecule has 0 bridgehead atoms. The third-order valence-electron chi connectivity index (χ3n) is 3.45. The van der Waals surface area contributed by atoms with Crippen molar-refractivity contribution in [3.63, 3.8) is 0 Å². The SMILES string of the molecule is Cc1cc(OCCCN2CCCC2)ccc1[N+](=O)[O-]. The Hall–Kier alpha value is -1.62. The number of benzene rings is 1. The summed E-state index contributed by atoms with van der Waals surface area (Å²) in [5.74, 6) is 0.713. The zero-order valence-electron chi connectivity index (χ0n) is 11.3. The van der Waals surface area contributed by atoms with Gasteiger partial charge >= 0.3 is 0 Å². The molecule has 1 aromatic carbocycles. The average Bonchev–Trinajstić information content (AvgIpc) is 2.87. The molecule has 1 heterocycles. The number of rotatable bonds is 6. The van der Waals surface area contributed by atoms with Crippen LogP contribution in [0.4, 0.5) is 5.69 Å². The third kappa shape index (κ3) is 3.92. The molecule has 19 heavy (non-hydrogen) atoms. The average molecular weight is 264 g/mol. The van der Waals surface area contributed by atoms with E-state index < -0.39 is 0 Å². The molecule has 0 unspecified atom stereocenters. The fourth-order valence-corrected chi connectivity index (χ4v) is 2.41. The Kier molecular flexibility index (Phi) is 4.74. The van der Waals surface area contributed by atoms with Crippen LogP contribution < -0.4 is 4.74 Å². The summed E-state index contributed by atoms with van der Waals surface area (Å²) in [4.78, 5) is 12.8. The van der Waals surface area contributed by atoms with Gasteiger partial charge in [0, 0.05) is 18.2 Å². The Morgan fingerprint density at radius 3 is 2.74 bits per heavy atom. The molecular weight excluding hydrogens is 244 g/mol. The minimum Gasteiger partial charge on any atom is -0.494 e. The topological polar surface area (TPSA) is 55.6 Å². The molecular formula is C14H20N2O3. The van der Waals surface area contributed by atoms with Crippen molar-refractivity contribution >= 4 is 5.69 Å². The van der Waals surface area contributed by atoms with Gasteiger partial charge in [0.1, 0.15) is 5.75 Å². The van der Waals surface area contributed by atoms with Crippen LogP contribution in [0.5, 0.6) is 5.75 Å². The van der Waals surface area contributed by atoms with E-state index in [1.165, 1.54) is 32.0 Å². The Balaban J connectivity index is 1.76. The predicted octanol–water partition coefficient (Wildman–Crippen LogP) is 2.77. The number of hydrogen-bond donors (Lipinski definition) is 0. The van der Waals surface area contributed by atoms with Crippen LogP contribution in [0.15, 0.2) is 18.2 Å².